The van der Waals surface area contributed by atoms with Crippen LogP contribution in [0.2, 0.25) is 8.27 Å². The van der Waals surface area contributed by atoms with Gasteiger partial charge in [0.2, 0.25) is 0 Å². The third-order valence-corrected chi connectivity index (χ3v) is 23.3. The first-order valence-electron chi connectivity index (χ1n) is 4.36. The van der Waals surface area contributed by atoms with E-state index < -0.39 is 12.6 Å². The topological polar surface area (TPSA) is 0 Å². The molecule has 0 atom stereocenters. The third kappa shape index (κ3) is 1.80. The monoisotopic (exact) mass is 416 g/mol. The summed E-state index contributed by atoms with van der Waals surface area (Å²) in [6.45, 7) is 0. The van der Waals surface area contributed by atoms with Crippen molar-refractivity contribution in [2.45, 2.75) is 8.27 Å². The SMILES string of the molecule is [Cl][Ta]([Cl])([Cl])([CH]1C=CC=C1)[CH]1C=CC=C1. The van der Waals surface area contributed by atoms with E-state index >= 15 is 0 Å². The van der Waals surface area contributed by atoms with Crippen molar-refractivity contribution < 1.29 is 12.6 Å². The molecule has 0 aromatic heterocycles. The van der Waals surface area contributed by atoms with Crippen LogP contribution in [-0.4, -0.2) is 0 Å². The van der Waals surface area contributed by atoms with Crippen LogP contribution in [0.15, 0.2) is 48.6 Å². The Hall–Kier alpha value is 0.570. The summed E-state index contributed by atoms with van der Waals surface area (Å²) in [5.41, 5.74) is 0. The van der Waals surface area contributed by atoms with Gasteiger partial charge >= 0.3 is 97.0 Å². The van der Waals surface area contributed by atoms with Crippen LogP contribution in [0.25, 0.3) is 0 Å². The summed E-state index contributed by atoms with van der Waals surface area (Å²) in [5, 5.41) is 0. The second kappa shape index (κ2) is 3.55. The molecule has 0 N–H and O–H groups in total. The molecule has 0 aliphatic heterocycles. The average molecular weight is 417 g/mol. The zero-order valence-electron chi connectivity index (χ0n) is 7.35. The van der Waals surface area contributed by atoms with Crippen molar-refractivity contribution in [3.8, 4) is 0 Å². The molecule has 14 heavy (non-hydrogen) atoms. The third-order valence-electron chi connectivity index (χ3n) is 2.48. The molecule has 0 saturated carbocycles. The van der Waals surface area contributed by atoms with E-state index in [-0.39, 0.29) is 8.27 Å². The molecule has 2 rings (SSSR count). The van der Waals surface area contributed by atoms with Crippen molar-refractivity contribution in [1.82, 2.24) is 0 Å². The van der Waals surface area contributed by atoms with E-state index in [9.17, 15) is 0 Å². The van der Waals surface area contributed by atoms with Crippen LogP contribution >= 0.6 is 27.6 Å². The first-order valence-corrected chi connectivity index (χ1v) is 20.0. The van der Waals surface area contributed by atoms with Crippen molar-refractivity contribution >= 4 is 27.6 Å². The van der Waals surface area contributed by atoms with Crippen LogP contribution in [0, 0.1) is 0 Å². The van der Waals surface area contributed by atoms with Gasteiger partial charge in [-0.3, -0.25) is 0 Å². The molecule has 0 aromatic rings. The van der Waals surface area contributed by atoms with E-state index in [1.165, 1.54) is 0 Å². The fourth-order valence-electron chi connectivity index (χ4n) is 1.63. The van der Waals surface area contributed by atoms with Crippen molar-refractivity contribution in [2.24, 2.45) is 0 Å². The van der Waals surface area contributed by atoms with E-state index in [2.05, 4.69) is 0 Å². The van der Waals surface area contributed by atoms with E-state index in [1.807, 2.05) is 48.6 Å². The van der Waals surface area contributed by atoms with Crippen LogP contribution in [0.4, 0.5) is 0 Å². The molecule has 0 bridgehead atoms. The molecule has 2 aliphatic carbocycles. The summed E-state index contributed by atoms with van der Waals surface area (Å²) >= 11 is -4.22. The van der Waals surface area contributed by atoms with Gasteiger partial charge in [-0.1, -0.05) is 0 Å². The number of rotatable bonds is 2. The maximum atomic E-state index is 6.54. The van der Waals surface area contributed by atoms with Crippen LogP contribution in [0.5, 0.6) is 0 Å². The van der Waals surface area contributed by atoms with Gasteiger partial charge in [-0.05, 0) is 0 Å². The molecule has 0 unspecified atom stereocenters. The summed E-state index contributed by atoms with van der Waals surface area (Å²) in [6, 6.07) is 0. The summed E-state index contributed by atoms with van der Waals surface area (Å²) in [6.07, 6.45) is 15.8. The van der Waals surface area contributed by atoms with Crippen LogP contribution in [0.3, 0.4) is 0 Å². The van der Waals surface area contributed by atoms with Gasteiger partial charge in [0.15, 0.2) is 0 Å². The average Bonchev–Trinajstić information content (AvgIpc) is 2.78. The maximum absolute atomic E-state index is 6.54. The molecule has 0 fully saturated rings. The van der Waals surface area contributed by atoms with Crippen molar-refractivity contribution in [3.05, 3.63) is 48.6 Å². The molecular weight excluding hydrogens is 407 g/mol. The summed E-state index contributed by atoms with van der Waals surface area (Å²) in [7, 11) is 19.6. The van der Waals surface area contributed by atoms with Crippen LogP contribution in [-0.2, 0) is 12.6 Å². The van der Waals surface area contributed by atoms with Gasteiger partial charge in [0.25, 0.3) is 0 Å². The van der Waals surface area contributed by atoms with E-state index in [4.69, 9.17) is 27.6 Å². The Morgan fingerprint density at radius 1 is 0.643 bits per heavy atom. The number of hydrogen-bond donors (Lipinski definition) is 0. The van der Waals surface area contributed by atoms with Crippen molar-refractivity contribution in [3.63, 3.8) is 0 Å². The first kappa shape index (κ1) is 11.1. The van der Waals surface area contributed by atoms with Gasteiger partial charge in [-0.15, -0.1) is 0 Å². The zero-order chi connectivity index (χ0) is 10.3. The van der Waals surface area contributed by atoms with Crippen LogP contribution in [0.1, 0.15) is 0 Å². The normalized spacial score (nSPS) is 24.6. The molecule has 0 saturated heterocycles. The van der Waals surface area contributed by atoms with Gasteiger partial charge < -0.3 is 0 Å². The summed E-state index contributed by atoms with van der Waals surface area (Å²) < 4.78 is 0.0896. The molecule has 2 aliphatic rings. The molecule has 0 heterocycles. The molecular formula is C10H10Cl3Ta. The zero-order valence-corrected chi connectivity index (χ0v) is 12.8. The minimum absolute atomic E-state index is 0.0448. The molecule has 0 radical (unpaired) electrons. The molecule has 0 amide bonds. The summed E-state index contributed by atoms with van der Waals surface area (Å²) in [4.78, 5) is 0. The Balaban J connectivity index is 2.35. The number of halogens is 3. The Kier molecular flexibility index (Phi) is 2.81. The van der Waals surface area contributed by atoms with E-state index in [0.29, 0.717) is 0 Å². The van der Waals surface area contributed by atoms with Gasteiger partial charge in [-0.2, -0.15) is 0 Å². The standard InChI is InChI=1S/2C5H5.3ClH.Ta/c2*1-2-4-5-3-1;;;;/h2*1-5H;3*1H;/q;;;;;+3/p-3. The molecule has 0 nitrogen and oxygen atoms in total. The second-order valence-corrected chi connectivity index (χ2v) is 36.5. The van der Waals surface area contributed by atoms with Gasteiger partial charge in [-0.25, -0.2) is 0 Å². The number of hydrogen-bond acceptors (Lipinski definition) is 0. The van der Waals surface area contributed by atoms with Gasteiger partial charge in [0.05, 0.1) is 0 Å². The Morgan fingerprint density at radius 3 is 1.21 bits per heavy atom. The van der Waals surface area contributed by atoms with Gasteiger partial charge in [0.1, 0.15) is 0 Å². The van der Waals surface area contributed by atoms with E-state index in [1.54, 1.807) is 0 Å². The number of allylic oxidation sites excluding steroid dienone is 8. The summed E-state index contributed by atoms with van der Waals surface area (Å²) in [5.74, 6) is 0. The second-order valence-electron chi connectivity index (χ2n) is 3.45. The van der Waals surface area contributed by atoms with Crippen LogP contribution < -0.4 is 0 Å². The molecule has 76 valence electrons. The molecule has 4 heteroatoms. The van der Waals surface area contributed by atoms with Crippen molar-refractivity contribution in [1.29, 1.82) is 0 Å². The van der Waals surface area contributed by atoms with E-state index in [0.717, 1.165) is 0 Å². The first-order chi connectivity index (χ1) is 6.49. The quantitative estimate of drug-likeness (QED) is 0.595. The van der Waals surface area contributed by atoms with Crippen molar-refractivity contribution in [2.75, 3.05) is 0 Å². The predicted molar refractivity (Wildman–Crippen MR) is 61.6 cm³/mol. The predicted octanol–water partition coefficient (Wildman–Crippen LogP) is 4.97. The Bertz CT molecular complexity index is 301. The fourth-order valence-corrected chi connectivity index (χ4v) is 15.1. The fraction of sp³-hybridized carbons (Fsp3) is 0.200. The molecule has 0 aromatic carbocycles. The Morgan fingerprint density at radius 2 is 0.929 bits per heavy atom. The minimum atomic E-state index is -4.22. The van der Waals surface area contributed by atoms with Gasteiger partial charge in [0, 0.05) is 0 Å². The molecule has 0 spiro atoms. The Labute approximate surface area is 96.3 Å².